The Morgan fingerprint density at radius 1 is 1.44 bits per heavy atom. The quantitative estimate of drug-likeness (QED) is 0.791. The SMILES string of the molecule is COCC(C(C)C)N1CCCNCC(C)C1. The second-order valence-electron chi connectivity index (χ2n) is 5.42. The van der Waals surface area contributed by atoms with Gasteiger partial charge in [0.15, 0.2) is 0 Å². The fourth-order valence-electron chi connectivity index (χ4n) is 2.50. The molecule has 1 aliphatic rings. The van der Waals surface area contributed by atoms with Crippen molar-refractivity contribution >= 4 is 0 Å². The lowest BCUT2D eigenvalue weighted by molar-refractivity contribution is 0.0513. The molecule has 2 atom stereocenters. The summed E-state index contributed by atoms with van der Waals surface area (Å²) in [5.74, 6) is 1.40. The average molecular weight is 228 g/mol. The molecule has 1 aliphatic heterocycles. The van der Waals surface area contributed by atoms with Gasteiger partial charge < -0.3 is 10.1 Å². The van der Waals surface area contributed by atoms with Gasteiger partial charge in [0.2, 0.25) is 0 Å². The topological polar surface area (TPSA) is 24.5 Å². The minimum Gasteiger partial charge on any atom is -0.383 e. The van der Waals surface area contributed by atoms with E-state index in [0.717, 1.165) is 25.6 Å². The summed E-state index contributed by atoms with van der Waals surface area (Å²) in [7, 11) is 1.81. The largest absolute Gasteiger partial charge is 0.383 e. The standard InChI is InChI=1S/C13H28N2O/c1-11(2)13(10-16-4)15-7-5-6-14-8-12(3)9-15/h11-14H,5-10H2,1-4H3. The van der Waals surface area contributed by atoms with Crippen LogP contribution in [0.1, 0.15) is 27.2 Å². The Labute approximate surface area is 101 Å². The van der Waals surface area contributed by atoms with Crippen molar-refractivity contribution in [2.45, 2.75) is 33.2 Å². The van der Waals surface area contributed by atoms with Crippen LogP contribution in [0.5, 0.6) is 0 Å². The molecule has 1 saturated heterocycles. The van der Waals surface area contributed by atoms with E-state index >= 15 is 0 Å². The Balaban J connectivity index is 2.56. The second kappa shape index (κ2) is 7.25. The number of methoxy groups -OCH3 is 1. The van der Waals surface area contributed by atoms with Crippen molar-refractivity contribution in [3.05, 3.63) is 0 Å². The van der Waals surface area contributed by atoms with E-state index in [1.54, 1.807) is 0 Å². The van der Waals surface area contributed by atoms with Crippen LogP contribution in [0.3, 0.4) is 0 Å². The molecule has 3 heteroatoms. The summed E-state index contributed by atoms with van der Waals surface area (Å²) in [6.07, 6.45) is 1.25. The van der Waals surface area contributed by atoms with Crippen molar-refractivity contribution < 1.29 is 4.74 Å². The second-order valence-corrected chi connectivity index (χ2v) is 5.42. The van der Waals surface area contributed by atoms with Crippen molar-refractivity contribution in [1.29, 1.82) is 0 Å². The van der Waals surface area contributed by atoms with E-state index in [-0.39, 0.29) is 0 Å². The van der Waals surface area contributed by atoms with Gasteiger partial charge in [0.25, 0.3) is 0 Å². The number of nitrogens with one attached hydrogen (secondary N) is 1. The van der Waals surface area contributed by atoms with Gasteiger partial charge in [0.1, 0.15) is 0 Å². The monoisotopic (exact) mass is 228 g/mol. The minimum absolute atomic E-state index is 0.575. The molecule has 1 N–H and O–H groups in total. The third-order valence-electron chi connectivity index (χ3n) is 3.41. The number of hydrogen-bond donors (Lipinski definition) is 1. The van der Waals surface area contributed by atoms with E-state index in [1.165, 1.54) is 19.5 Å². The zero-order valence-corrected chi connectivity index (χ0v) is 11.3. The molecule has 0 aromatic heterocycles. The average Bonchev–Trinajstić information content (AvgIpc) is 2.20. The number of ether oxygens (including phenoxy) is 1. The first-order chi connectivity index (χ1) is 7.65. The first-order valence-corrected chi connectivity index (χ1v) is 6.58. The maximum atomic E-state index is 5.37. The first-order valence-electron chi connectivity index (χ1n) is 6.58. The van der Waals surface area contributed by atoms with E-state index in [1.807, 2.05) is 7.11 Å². The van der Waals surface area contributed by atoms with Crippen molar-refractivity contribution in [2.75, 3.05) is 39.9 Å². The molecule has 3 nitrogen and oxygen atoms in total. The van der Waals surface area contributed by atoms with Crippen molar-refractivity contribution in [3.63, 3.8) is 0 Å². The highest BCUT2D eigenvalue weighted by atomic mass is 16.5. The number of rotatable bonds is 4. The van der Waals surface area contributed by atoms with Gasteiger partial charge in [-0.15, -0.1) is 0 Å². The molecular weight excluding hydrogens is 200 g/mol. The maximum absolute atomic E-state index is 5.37. The lowest BCUT2D eigenvalue weighted by Crippen LogP contribution is -2.48. The predicted molar refractivity (Wildman–Crippen MR) is 68.7 cm³/mol. The molecule has 0 aromatic carbocycles. The Hall–Kier alpha value is -0.120. The molecular formula is C13H28N2O. The van der Waals surface area contributed by atoms with E-state index < -0.39 is 0 Å². The summed E-state index contributed by atoms with van der Waals surface area (Å²) in [5.41, 5.74) is 0. The smallest absolute Gasteiger partial charge is 0.0620 e. The molecule has 0 saturated carbocycles. The van der Waals surface area contributed by atoms with Gasteiger partial charge in [0, 0.05) is 19.7 Å². The molecule has 1 fully saturated rings. The lowest BCUT2D eigenvalue weighted by Gasteiger charge is -2.37. The van der Waals surface area contributed by atoms with Crippen molar-refractivity contribution in [1.82, 2.24) is 10.2 Å². The molecule has 0 amide bonds. The first kappa shape index (κ1) is 13.9. The van der Waals surface area contributed by atoms with Gasteiger partial charge in [-0.2, -0.15) is 0 Å². The maximum Gasteiger partial charge on any atom is 0.0620 e. The summed E-state index contributed by atoms with van der Waals surface area (Å²) in [5, 5.41) is 3.50. The number of nitrogens with zero attached hydrogens (tertiary/aromatic N) is 1. The van der Waals surface area contributed by atoms with Crippen LogP contribution in [-0.2, 0) is 4.74 Å². The summed E-state index contributed by atoms with van der Waals surface area (Å²) in [4.78, 5) is 2.62. The third kappa shape index (κ3) is 4.40. The molecule has 1 rings (SSSR count). The Morgan fingerprint density at radius 3 is 2.81 bits per heavy atom. The fourth-order valence-corrected chi connectivity index (χ4v) is 2.50. The van der Waals surface area contributed by atoms with E-state index in [2.05, 4.69) is 31.0 Å². The summed E-state index contributed by atoms with van der Waals surface area (Å²) >= 11 is 0. The molecule has 2 unspecified atom stereocenters. The zero-order valence-electron chi connectivity index (χ0n) is 11.3. The van der Waals surface area contributed by atoms with Crippen LogP contribution in [0.25, 0.3) is 0 Å². The van der Waals surface area contributed by atoms with Crippen molar-refractivity contribution in [3.8, 4) is 0 Å². The molecule has 0 radical (unpaired) electrons. The van der Waals surface area contributed by atoms with Crippen LogP contribution in [0.15, 0.2) is 0 Å². The molecule has 0 spiro atoms. The summed E-state index contributed by atoms with van der Waals surface area (Å²) < 4.78 is 5.37. The Bertz CT molecular complexity index is 185. The molecule has 0 aromatic rings. The molecule has 96 valence electrons. The van der Waals surface area contributed by atoms with Gasteiger partial charge in [-0.25, -0.2) is 0 Å². The van der Waals surface area contributed by atoms with Gasteiger partial charge in [0.05, 0.1) is 6.61 Å². The van der Waals surface area contributed by atoms with Gasteiger partial charge in [-0.1, -0.05) is 20.8 Å². The fraction of sp³-hybridized carbons (Fsp3) is 1.00. The summed E-state index contributed by atoms with van der Waals surface area (Å²) in [6, 6.07) is 0.575. The van der Waals surface area contributed by atoms with Crippen molar-refractivity contribution in [2.24, 2.45) is 11.8 Å². The zero-order chi connectivity index (χ0) is 12.0. The van der Waals surface area contributed by atoms with Gasteiger partial charge in [-0.05, 0) is 37.9 Å². The third-order valence-corrected chi connectivity index (χ3v) is 3.41. The van der Waals surface area contributed by atoms with Crippen LogP contribution in [-0.4, -0.2) is 50.8 Å². The van der Waals surface area contributed by atoms with Gasteiger partial charge in [-0.3, -0.25) is 4.90 Å². The molecule has 16 heavy (non-hydrogen) atoms. The lowest BCUT2D eigenvalue weighted by atomic mass is 10.0. The highest BCUT2D eigenvalue weighted by Crippen LogP contribution is 2.15. The molecule has 0 bridgehead atoms. The minimum atomic E-state index is 0.575. The van der Waals surface area contributed by atoms with Gasteiger partial charge >= 0.3 is 0 Å². The van der Waals surface area contributed by atoms with Crippen LogP contribution in [0.2, 0.25) is 0 Å². The van der Waals surface area contributed by atoms with Crippen LogP contribution in [0, 0.1) is 11.8 Å². The predicted octanol–water partition coefficient (Wildman–Crippen LogP) is 1.59. The molecule has 0 aliphatic carbocycles. The number of hydrogen-bond acceptors (Lipinski definition) is 3. The highest BCUT2D eigenvalue weighted by Gasteiger charge is 2.23. The highest BCUT2D eigenvalue weighted by molar-refractivity contribution is 4.78. The van der Waals surface area contributed by atoms with Crippen LogP contribution < -0.4 is 5.32 Å². The Morgan fingerprint density at radius 2 is 2.19 bits per heavy atom. The Kier molecular flexibility index (Phi) is 6.32. The summed E-state index contributed by atoms with van der Waals surface area (Å²) in [6.45, 7) is 12.5. The van der Waals surface area contributed by atoms with Crippen LogP contribution >= 0.6 is 0 Å². The normalized spacial score (nSPS) is 26.4. The van der Waals surface area contributed by atoms with Crippen LogP contribution in [0.4, 0.5) is 0 Å². The van der Waals surface area contributed by atoms with E-state index in [0.29, 0.717) is 12.0 Å². The van der Waals surface area contributed by atoms with E-state index in [9.17, 15) is 0 Å². The molecule has 1 heterocycles. The van der Waals surface area contributed by atoms with E-state index in [4.69, 9.17) is 4.74 Å².